The van der Waals surface area contributed by atoms with Crippen molar-refractivity contribution in [3.63, 3.8) is 0 Å². The van der Waals surface area contributed by atoms with E-state index in [0.717, 1.165) is 44.8 Å². The van der Waals surface area contributed by atoms with Gasteiger partial charge in [-0.2, -0.15) is 0 Å². The predicted octanol–water partition coefficient (Wildman–Crippen LogP) is 2.39. The molecular weight excluding hydrogens is 318 g/mol. The fraction of sp³-hybridized carbons (Fsp3) is 0.650. The summed E-state index contributed by atoms with van der Waals surface area (Å²) < 4.78 is 16.8. The van der Waals surface area contributed by atoms with Crippen molar-refractivity contribution in [2.75, 3.05) is 46.1 Å². The topological polar surface area (TPSA) is 48.0 Å². The number of rotatable bonds is 6. The van der Waals surface area contributed by atoms with Gasteiger partial charge in [-0.15, -0.1) is 0 Å². The van der Waals surface area contributed by atoms with Crippen LogP contribution in [0, 0.1) is 0 Å². The van der Waals surface area contributed by atoms with E-state index in [-0.39, 0.29) is 12.1 Å². The van der Waals surface area contributed by atoms with Crippen LogP contribution in [0.15, 0.2) is 30.3 Å². The van der Waals surface area contributed by atoms with Crippen LogP contribution >= 0.6 is 0 Å². The smallest absolute Gasteiger partial charge is 0.317 e. The third kappa shape index (κ3) is 4.60. The number of hydrogen-bond donors (Lipinski definition) is 0. The van der Waals surface area contributed by atoms with Gasteiger partial charge in [-0.05, 0) is 31.7 Å². The van der Waals surface area contributed by atoms with Gasteiger partial charge in [0.15, 0.2) is 0 Å². The molecule has 0 N–H and O–H groups in total. The maximum absolute atomic E-state index is 13.1. The summed E-state index contributed by atoms with van der Waals surface area (Å²) >= 11 is 0. The van der Waals surface area contributed by atoms with Crippen LogP contribution in [0.25, 0.3) is 0 Å². The lowest BCUT2D eigenvalue weighted by Gasteiger charge is -2.36. The van der Waals surface area contributed by atoms with Gasteiger partial charge < -0.3 is 14.2 Å². The average Bonchev–Trinajstić information content (AvgIpc) is 2.68. The monoisotopic (exact) mass is 347 g/mol. The zero-order valence-corrected chi connectivity index (χ0v) is 15.1. The minimum Gasteiger partial charge on any atom is -0.462 e. The predicted molar refractivity (Wildman–Crippen MR) is 95.6 cm³/mol. The number of benzene rings is 1. The van der Waals surface area contributed by atoms with Crippen LogP contribution in [-0.4, -0.2) is 63.0 Å². The summed E-state index contributed by atoms with van der Waals surface area (Å²) in [6.45, 7) is 7.67. The van der Waals surface area contributed by atoms with E-state index in [1.807, 2.05) is 37.3 Å². The number of carbonyl (C=O) groups is 1. The zero-order chi connectivity index (χ0) is 17.5. The summed E-state index contributed by atoms with van der Waals surface area (Å²) in [4.78, 5) is 15.4. The summed E-state index contributed by atoms with van der Waals surface area (Å²) in [6.07, 6.45) is 2.14. The van der Waals surface area contributed by atoms with Crippen LogP contribution < -0.4 is 0 Å². The van der Waals surface area contributed by atoms with Gasteiger partial charge in [0.2, 0.25) is 0 Å². The molecule has 138 valence electrons. The molecule has 1 atom stereocenters. The number of nitrogens with zero attached hydrogens (tertiary/aromatic N) is 1. The third-order valence-electron chi connectivity index (χ3n) is 5.33. The van der Waals surface area contributed by atoms with Crippen molar-refractivity contribution in [2.24, 2.45) is 0 Å². The minimum atomic E-state index is -0.563. The summed E-state index contributed by atoms with van der Waals surface area (Å²) in [6, 6.07) is 10.0. The van der Waals surface area contributed by atoms with Crippen LogP contribution in [0.2, 0.25) is 0 Å². The lowest BCUT2D eigenvalue weighted by molar-refractivity contribution is -0.160. The SMILES string of the molecule is C[C@@H](CCN1CCOCC1)OC(=O)C1(c2ccccc2)CCOCC1. The molecule has 0 unspecified atom stereocenters. The molecule has 0 bridgehead atoms. The molecule has 0 saturated carbocycles. The summed E-state index contributed by atoms with van der Waals surface area (Å²) in [5.41, 5.74) is 0.482. The van der Waals surface area contributed by atoms with Crippen LogP contribution in [0.4, 0.5) is 0 Å². The van der Waals surface area contributed by atoms with Gasteiger partial charge in [0.1, 0.15) is 6.10 Å². The van der Waals surface area contributed by atoms with E-state index in [1.54, 1.807) is 0 Å². The maximum atomic E-state index is 13.1. The fourth-order valence-electron chi connectivity index (χ4n) is 3.63. The largest absolute Gasteiger partial charge is 0.462 e. The Kier molecular flexibility index (Phi) is 6.45. The van der Waals surface area contributed by atoms with E-state index in [2.05, 4.69) is 4.90 Å². The van der Waals surface area contributed by atoms with Crippen LogP contribution in [0.1, 0.15) is 31.7 Å². The van der Waals surface area contributed by atoms with Crippen molar-refractivity contribution < 1.29 is 19.0 Å². The van der Waals surface area contributed by atoms with Gasteiger partial charge >= 0.3 is 5.97 Å². The normalized spacial score (nSPS) is 22.3. The van der Waals surface area contributed by atoms with Gasteiger partial charge in [0.25, 0.3) is 0 Å². The van der Waals surface area contributed by atoms with Gasteiger partial charge in [-0.3, -0.25) is 9.69 Å². The highest BCUT2D eigenvalue weighted by atomic mass is 16.5. The molecule has 0 aromatic heterocycles. The molecule has 1 aromatic rings. The minimum absolute atomic E-state index is 0.0845. The molecule has 2 heterocycles. The highest BCUT2D eigenvalue weighted by Gasteiger charge is 2.43. The van der Waals surface area contributed by atoms with Gasteiger partial charge in [-0.25, -0.2) is 0 Å². The van der Waals surface area contributed by atoms with Crippen molar-refractivity contribution >= 4 is 5.97 Å². The van der Waals surface area contributed by atoms with E-state index in [0.29, 0.717) is 26.1 Å². The Morgan fingerprint density at radius 3 is 2.44 bits per heavy atom. The number of ether oxygens (including phenoxy) is 3. The van der Waals surface area contributed by atoms with Gasteiger partial charge in [0, 0.05) is 32.8 Å². The Morgan fingerprint density at radius 2 is 1.76 bits per heavy atom. The van der Waals surface area contributed by atoms with Crippen molar-refractivity contribution in [1.82, 2.24) is 4.90 Å². The molecule has 2 aliphatic heterocycles. The fourth-order valence-corrected chi connectivity index (χ4v) is 3.63. The lowest BCUT2D eigenvalue weighted by atomic mass is 9.74. The van der Waals surface area contributed by atoms with Crippen molar-refractivity contribution in [1.29, 1.82) is 0 Å². The van der Waals surface area contributed by atoms with Crippen LogP contribution in [-0.2, 0) is 24.4 Å². The average molecular weight is 347 g/mol. The molecule has 2 aliphatic rings. The van der Waals surface area contributed by atoms with Crippen molar-refractivity contribution in [3.8, 4) is 0 Å². The van der Waals surface area contributed by atoms with E-state index in [4.69, 9.17) is 14.2 Å². The quantitative estimate of drug-likeness (QED) is 0.740. The van der Waals surface area contributed by atoms with E-state index in [1.165, 1.54) is 0 Å². The Hall–Kier alpha value is -1.43. The molecular formula is C20H29NO4. The Labute approximate surface area is 150 Å². The second kappa shape index (κ2) is 8.79. The summed E-state index contributed by atoms with van der Waals surface area (Å²) in [7, 11) is 0. The van der Waals surface area contributed by atoms with Crippen molar-refractivity contribution in [3.05, 3.63) is 35.9 Å². The highest BCUT2D eigenvalue weighted by Crippen LogP contribution is 2.36. The molecule has 2 saturated heterocycles. The van der Waals surface area contributed by atoms with Crippen LogP contribution in [0.5, 0.6) is 0 Å². The lowest BCUT2D eigenvalue weighted by Crippen LogP contribution is -2.44. The number of esters is 1. The first-order chi connectivity index (χ1) is 12.2. The summed E-state index contributed by atoms with van der Waals surface area (Å²) in [5.74, 6) is -0.100. The number of hydrogen-bond acceptors (Lipinski definition) is 5. The molecule has 5 heteroatoms. The second-order valence-electron chi connectivity index (χ2n) is 7.02. The van der Waals surface area contributed by atoms with Crippen molar-refractivity contribution in [2.45, 2.75) is 37.7 Å². The molecule has 0 aliphatic carbocycles. The molecule has 1 aromatic carbocycles. The molecule has 2 fully saturated rings. The maximum Gasteiger partial charge on any atom is 0.317 e. The molecule has 25 heavy (non-hydrogen) atoms. The molecule has 5 nitrogen and oxygen atoms in total. The molecule has 0 amide bonds. The molecule has 3 rings (SSSR count). The first-order valence-electron chi connectivity index (χ1n) is 9.35. The Balaban J connectivity index is 1.60. The van der Waals surface area contributed by atoms with E-state index < -0.39 is 5.41 Å². The number of morpholine rings is 1. The van der Waals surface area contributed by atoms with Gasteiger partial charge in [0.05, 0.1) is 18.6 Å². The van der Waals surface area contributed by atoms with E-state index in [9.17, 15) is 4.79 Å². The Morgan fingerprint density at radius 1 is 1.12 bits per heavy atom. The first-order valence-corrected chi connectivity index (χ1v) is 9.35. The highest BCUT2D eigenvalue weighted by molar-refractivity contribution is 5.83. The standard InChI is InChI=1S/C20H29NO4/c1-17(7-10-21-11-15-24-16-12-21)25-19(22)20(8-13-23-14-9-20)18-5-3-2-4-6-18/h2-6,17H,7-16H2,1H3/t17-/m0/s1. The summed E-state index contributed by atoms with van der Waals surface area (Å²) in [5, 5.41) is 0. The second-order valence-corrected chi connectivity index (χ2v) is 7.02. The molecule has 0 radical (unpaired) electrons. The van der Waals surface area contributed by atoms with E-state index >= 15 is 0 Å². The third-order valence-corrected chi connectivity index (χ3v) is 5.33. The van der Waals surface area contributed by atoms with Crippen LogP contribution in [0.3, 0.4) is 0 Å². The van der Waals surface area contributed by atoms with Gasteiger partial charge in [-0.1, -0.05) is 30.3 Å². The first kappa shape index (κ1) is 18.4. The number of carbonyl (C=O) groups excluding carboxylic acids is 1. The zero-order valence-electron chi connectivity index (χ0n) is 15.1. The molecule has 0 spiro atoms. The Bertz CT molecular complexity index is 536.